The Kier molecular flexibility index (Phi) is 3.48. The molecule has 0 unspecified atom stereocenters. The largest absolute Gasteiger partial charge is 0.369 e. The number of rotatable bonds is 5. The van der Waals surface area contributed by atoms with E-state index in [-0.39, 0.29) is 0 Å². The van der Waals surface area contributed by atoms with Crippen LogP contribution in [0.4, 0.5) is 5.82 Å². The molecular weight excluding hydrogens is 202 g/mol. The van der Waals surface area contributed by atoms with Crippen LogP contribution < -0.4 is 5.32 Å². The predicted octanol–water partition coefficient (Wildman–Crippen LogP) is 1.48. The lowest BCUT2D eigenvalue weighted by atomic mass is 10.4. The summed E-state index contributed by atoms with van der Waals surface area (Å²) in [6.45, 7) is 3.71. The molecule has 0 aliphatic carbocycles. The zero-order chi connectivity index (χ0) is 11.2. The fourth-order valence-electron chi connectivity index (χ4n) is 1.38. The maximum atomic E-state index is 4.13. The highest BCUT2D eigenvalue weighted by Crippen LogP contribution is 2.01. The molecule has 84 valence electrons. The number of hydrogen-bond donors (Lipinski definition) is 1. The van der Waals surface area contributed by atoms with Gasteiger partial charge >= 0.3 is 0 Å². The van der Waals surface area contributed by atoms with E-state index >= 15 is 0 Å². The van der Waals surface area contributed by atoms with Crippen molar-refractivity contribution in [2.24, 2.45) is 0 Å². The molecule has 1 N–H and O–H groups in total. The third-order valence-corrected chi connectivity index (χ3v) is 2.23. The van der Waals surface area contributed by atoms with Crippen LogP contribution in [0.3, 0.4) is 0 Å². The van der Waals surface area contributed by atoms with Crippen LogP contribution in [0.1, 0.15) is 12.1 Å². The summed E-state index contributed by atoms with van der Waals surface area (Å²) in [4.78, 5) is 0. The third-order valence-electron chi connectivity index (χ3n) is 2.23. The highest BCUT2D eigenvalue weighted by Gasteiger charge is 1.94. The van der Waals surface area contributed by atoms with Crippen molar-refractivity contribution in [1.82, 2.24) is 20.0 Å². The zero-order valence-corrected chi connectivity index (χ0v) is 9.30. The van der Waals surface area contributed by atoms with Gasteiger partial charge in [0.05, 0.1) is 5.69 Å². The molecule has 0 bridgehead atoms. The van der Waals surface area contributed by atoms with E-state index in [9.17, 15) is 0 Å². The molecule has 0 saturated carbocycles. The van der Waals surface area contributed by atoms with Crippen molar-refractivity contribution in [2.75, 3.05) is 11.9 Å². The molecule has 0 amide bonds. The number of nitrogens with one attached hydrogen (secondary N) is 1. The molecule has 5 nitrogen and oxygen atoms in total. The molecule has 0 spiro atoms. The van der Waals surface area contributed by atoms with Crippen molar-refractivity contribution in [1.29, 1.82) is 0 Å². The third kappa shape index (κ3) is 3.05. The lowest BCUT2D eigenvalue weighted by molar-refractivity contribution is 0.591. The monoisotopic (exact) mass is 217 g/mol. The first kappa shape index (κ1) is 10.6. The quantitative estimate of drug-likeness (QED) is 0.771. The fraction of sp³-hybridized carbons (Fsp3) is 0.364. The van der Waals surface area contributed by atoms with E-state index in [1.54, 1.807) is 6.20 Å². The van der Waals surface area contributed by atoms with Gasteiger partial charge in [-0.3, -0.25) is 4.68 Å². The molecule has 0 aromatic carbocycles. The van der Waals surface area contributed by atoms with Crippen LogP contribution in [0.5, 0.6) is 0 Å². The Morgan fingerprint density at radius 3 is 2.94 bits per heavy atom. The molecule has 2 heterocycles. The average molecular weight is 217 g/mol. The molecular formula is C11H15N5. The first-order valence-corrected chi connectivity index (χ1v) is 5.36. The van der Waals surface area contributed by atoms with E-state index in [0.29, 0.717) is 0 Å². The van der Waals surface area contributed by atoms with Gasteiger partial charge in [0, 0.05) is 25.5 Å². The Hall–Kier alpha value is -1.91. The summed E-state index contributed by atoms with van der Waals surface area (Å²) in [5.74, 6) is 0.825. The van der Waals surface area contributed by atoms with Gasteiger partial charge in [0.25, 0.3) is 0 Å². The van der Waals surface area contributed by atoms with Crippen LogP contribution in [0.2, 0.25) is 0 Å². The first-order chi connectivity index (χ1) is 7.84. The lowest BCUT2D eigenvalue weighted by Gasteiger charge is -2.04. The summed E-state index contributed by atoms with van der Waals surface area (Å²) < 4.78 is 1.92. The molecule has 0 atom stereocenters. The molecule has 2 aromatic heterocycles. The predicted molar refractivity (Wildman–Crippen MR) is 62.1 cm³/mol. The van der Waals surface area contributed by atoms with Gasteiger partial charge in [0.15, 0.2) is 0 Å². The summed E-state index contributed by atoms with van der Waals surface area (Å²) in [6.07, 6.45) is 4.77. The zero-order valence-electron chi connectivity index (χ0n) is 9.30. The van der Waals surface area contributed by atoms with Crippen molar-refractivity contribution >= 4 is 5.82 Å². The second-order valence-electron chi connectivity index (χ2n) is 3.61. The number of anilines is 1. The van der Waals surface area contributed by atoms with Crippen LogP contribution in [-0.2, 0) is 6.54 Å². The first-order valence-electron chi connectivity index (χ1n) is 5.36. The summed E-state index contributed by atoms with van der Waals surface area (Å²) in [6, 6.07) is 5.82. The van der Waals surface area contributed by atoms with Gasteiger partial charge in [0.2, 0.25) is 0 Å². The van der Waals surface area contributed by atoms with Crippen LogP contribution in [0.25, 0.3) is 0 Å². The smallest absolute Gasteiger partial charge is 0.148 e. The molecule has 5 heteroatoms. The minimum Gasteiger partial charge on any atom is -0.369 e. The highest BCUT2D eigenvalue weighted by atomic mass is 15.3. The van der Waals surface area contributed by atoms with Gasteiger partial charge in [-0.25, -0.2) is 0 Å². The normalized spacial score (nSPS) is 10.3. The summed E-state index contributed by atoms with van der Waals surface area (Å²) in [5, 5.41) is 15.4. The van der Waals surface area contributed by atoms with E-state index < -0.39 is 0 Å². The number of aryl methyl sites for hydroxylation is 2. The van der Waals surface area contributed by atoms with Crippen LogP contribution in [0, 0.1) is 6.92 Å². The number of hydrogen-bond acceptors (Lipinski definition) is 4. The number of aromatic nitrogens is 4. The van der Waals surface area contributed by atoms with E-state index in [0.717, 1.165) is 31.0 Å². The van der Waals surface area contributed by atoms with Gasteiger partial charge in [-0.2, -0.15) is 10.2 Å². The van der Waals surface area contributed by atoms with Crippen molar-refractivity contribution < 1.29 is 0 Å². The lowest BCUT2D eigenvalue weighted by Crippen LogP contribution is -2.08. The molecule has 0 fully saturated rings. The fourth-order valence-corrected chi connectivity index (χ4v) is 1.38. The van der Waals surface area contributed by atoms with Gasteiger partial charge in [-0.1, -0.05) is 0 Å². The number of nitrogens with zero attached hydrogens (tertiary/aromatic N) is 4. The van der Waals surface area contributed by atoms with Crippen molar-refractivity contribution in [3.05, 3.63) is 36.3 Å². The molecule has 0 radical (unpaired) electrons. The Bertz CT molecular complexity index is 406. The van der Waals surface area contributed by atoms with Crippen molar-refractivity contribution in [2.45, 2.75) is 19.9 Å². The summed E-state index contributed by atoms with van der Waals surface area (Å²) in [7, 11) is 0. The van der Waals surface area contributed by atoms with Crippen LogP contribution in [0.15, 0.2) is 30.6 Å². The van der Waals surface area contributed by atoms with Gasteiger partial charge in [-0.15, -0.1) is 5.10 Å². The van der Waals surface area contributed by atoms with E-state index in [1.807, 2.05) is 36.0 Å². The second-order valence-corrected chi connectivity index (χ2v) is 3.61. The minimum atomic E-state index is 0.825. The Balaban J connectivity index is 1.70. The van der Waals surface area contributed by atoms with Gasteiger partial charge in [0.1, 0.15) is 5.82 Å². The topological polar surface area (TPSA) is 55.6 Å². The Labute approximate surface area is 94.5 Å². The van der Waals surface area contributed by atoms with E-state index in [2.05, 4.69) is 20.6 Å². The standard InChI is InChI=1S/C11H15N5/c1-10-4-5-11(15-14-10)12-6-2-8-16-9-3-7-13-16/h3-5,7,9H,2,6,8H2,1H3,(H,12,15). The molecule has 2 rings (SSSR count). The second kappa shape index (κ2) is 5.25. The molecule has 2 aromatic rings. The highest BCUT2D eigenvalue weighted by molar-refractivity contribution is 5.32. The molecule has 0 saturated heterocycles. The molecule has 16 heavy (non-hydrogen) atoms. The maximum absolute atomic E-state index is 4.13. The SMILES string of the molecule is Cc1ccc(NCCCn2cccn2)nn1. The molecule has 0 aliphatic rings. The van der Waals surface area contributed by atoms with Gasteiger partial charge in [-0.05, 0) is 31.5 Å². The summed E-state index contributed by atoms with van der Waals surface area (Å²) in [5.41, 5.74) is 0.932. The van der Waals surface area contributed by atoms with Gasteiger partial charge < -0.3 is 5.32 Å². The van der Waals surface area contributed by atoms with Crippen molar-refractivity contribution in [3.63, 3.8) is 0 Å². The Morgan fingerprint density at radius 2 is 2.25 bits per heavy atom. The van der Waals surface area contributed by atoms with E-state index in [1.165, 1.54) is 0 Å². The molecule has 0 aliphatic heterocycles. The van der Waals surface area contributed by atoms with Crippen LogP contribution in [-0.4, -0.2) is 26.5 Å². The average Bonchev–Trinajstić information content (AvgIpc) is 2.80. The minimum absolute atomic E-state index is 0.825. The van der Waals surface area contributed by atoms with E-state index in [4.69, 9.17) is 0 Å². The summed E-state index contributed by atoms with van der Waals surface area (Å²) >= 11 is 0. The van der Waals surface area contributed by atoms with Crippen LogP contribution >= 0.6 is 0 Å². The maximum Gasteiger partial charge on any atom is 0.148 e. The van der Waals surface area contributed by atoms with Crippen molar-refractivity contribution in [3.8, 4) is 0 Å². The Morgan fingerprint density at radius 1 is 1.31 bits per heavy atom.